The zero-order valence-electron chi connectivity index (χ0n) is 21.4. The van der Waals surface area contributed by atoms with Crippen LogP contribution in [-0.4, -0.2) is 77.8 Å². The number of benzene rings is 1. The van der Waals surface area contributed by atoms with Gasteiger partial charge in [0.15, 0.2) is 0 Å². The average Bonchev–Trinajstić information content (AvgIpc) is 2.66. The zero-order chi connectivity index (χ0) is 27.2. The molecule has 0 fully saturated rings. The van der Waals surface area contributed by atoms with Gasteiger partial charge in [-0.15, -0.1) is 13.2 Å². The number of amides is 3. The van der Waals surface area contributed by atoms with Gasteiger partial charge >= 0.3 is 18.5 Å². The molecule has 0 spiro atoms. The van der Waals surface area contributed by atoms with E-state index < -0.39 is 42.9 Å². The molecule has 1 aromatic carbocycles. The van der Waals surface area contributed by atoms with Gasteiger partial charge in [-0.2, -0.15) is 0 Å². The first-order valence-corrected chi connectivity index (χ1v) is 10.8. The van der Waals surface area contributed by atoms with Crippen molar-refractivity contribution in [3.05, 3.63) is 35.4 Å². The number of hydrogen-bond acceptors (Lipinski definition) is 6. The Morgan fingerprint density at radius 1 is 0.800 bits per heavy atom. The second-order valence-corrected chi connectivity index (χ2v) is 9.83. The topological polar surface area (TPSA) is 88.6 Å². The lowest BCUT2D eigenvalue weighted by atomic mass is 10.1. The van der Waals surface area contributed by atoms with Crippen molar-refractivity contribution < 1.29 is 41.8 Å². The summed E-state index contributed by atoms with van der Waals surface area (Å²) in [6.45, 7) is 7.70. The van der Waals surface area contributed by atoms with E-state index in [0.717, 1.165) is 5.01 Å². The largest absolute Gasteiger partial charge is 0.522 e. The minimum atomic E-state index is -4.93. The van der Waals surface area contributed by atoms with Crippen LogP contribution in [0.5, 0.6) is 0 Å². The summed E-state index contributed by atoms with van der Waals surface area (Å²) in [7, 11) is 3.20. The molecule has 1 rings (SSSR count). The van der Waals surface area contributed by atoms with Gasteiger partial charge in [0.1, 0.15) is 11.2 Å². The van der Waals surface area contributed by atoms with Crippen LogP contribution in [0.2, 0.25) is 0 Å². The Bertz CT molecular complexity index is 874. The molecule has 0 radical (unpaired) electrons. The number of rotatable bonds is 6. The van der Waals surface area contributed by atoms with Crippen LogP contribution in [-0.2, 0) is 20.8 Å². The third kappa shape index (κ3) is 11.3. The molecule has 0 unspecified atom stereocenters. The molecule has 0 aromatic heterocycles. The Hall–Kier alpha value is -3.02. The smallest absolute Gasteiger partial charge is 0.442 e. The van der Waals surface area contributed by atoms with Crippen LogP contribution in [0.25, 0.3) is 0 Å². The normalized spacial score (nSPS) is 12.1. The molecule has 0 saturated carbocycles. The predicted octanol–water partition coefficient (Wildman–Crippen LogP) is 4.81. The average molecular weight is 506 g/mol. The van der Waals surface area contributed by atoms with E-state index in [9.17, 15) is 27.6 Å². The van der Waals surface area contributed by atoms with Crippen molar-refractivity contribution in [2.75, 3.05) is 27.2 Å². The highest BCUT2D eigenvalue weighted by Crippen LogP contribution is 2.20. The van der Waals surface area contributed by atoms with Crippen molar-refractivity contribution in [3.8, 4) is 0 Å². The second kappa shape index (κ2) is 11.6. The lowest BCUT2D eigenvalue weighted by Gasteiger charge is -2.36. The van der Waals surface area contributed by atoms with Crippen LogP contribution >= 0.6 is 0 Å². The van der Waals surface area contributed by atoms with E-state index in [1.165, 1.54) is 17.0 Å². The van der Waals surface area contributed by atoms with Gasteiger partial charge < -0.3 is 14.4 Å². The van der Waals surface area contributed by atoms with E-state index in [2.05, 4.69) is 4.74 Å². The van der Waals surface area contributed by atoms with E-state index in [0.29, 0.717) is 16.1 Å². The number of halogens is 3. The van der Waals surface area contributed by atoms with Crippen LogP contribution in [0.3, 0.4) is 0 Å². The fraction of sp³-hybridized carbons (Fsp3) is 0.609. The minimum Gasteiger partial charge on any atom is -0.442 e. The second-order valence-electron chi connectivity index (χ2n) is 9.83. The lowest BCUT2D eigenvalue weighted by molar-refractivity contribution is -0.325. The van der Waals surface area contributed by atoms with Gasteiger partial charge in [-0.05, 0) is 59.2 Å². The molecule has 3 amide bonds. The third-order valence-corrected chi connectivity index (χ3v) is 4.01. The maximum Gasteiger partial charge on any atom is 0.522 e. The number of nitrogens with zero attached hydrogens (tertiary/aromatic N) is 3. The molecule has 1 aromatic rings. The fourth-order valence-electron chi connectivity index (χ4n) is 2.62. The standard InChI is InChI=1S/C23H34F3N3O6/c1-21(2,3)34-19(31)28(13-14-33-23(24,25)26)29(20(32)35-22(4,5)6)15-16-9-11-17(12-10-16)18(30)27(7)8/h9-12H,13-15H2,1-8H3. The molecule has 0 bridgehead atoms. The maximum atomic E-state index is 13.0. The number of carbonyl (C=O) groups excluding carboxylic acids is 3. The first-order chi connectivity index (χ1) is 15.8. The van der Waals surface area contributed by atoms with Crippen molar-refractivity contribution >= 4 is 18.1 Å². The van der Waals surface area contributed by atoms with Gasteiger partial charge in [0.25, 0.3) is 5.91 Å². The molecule has 12 heteroatoms. The third-order valence-electron chi connectivity index (χ3n) is 4.01. The SMILES string of the molecule is CN(C)C(=O)c1ccc(CN(C(=O)OC(C)(C)C)N(CCOC(F)(F)F)C(=O)OC(C)(C)C)cc1. The highest BCUT2D eigenvalue weighted by molar-refractivity contribution is 5.93. The molecule has 198 valence electrons. The van der Waals surface area contributed by atoms with E-state index in [4.69, 9.17) is 9.47 Å². The summed E-state index contributed by atoms with van der Waals surface area (Å²) in [5, 5.41) is 1.56. The maximum absolute atomic E-state index is 13.0. The van der Waals surface area contributed by atoms with Crippen molar-refractivity contribution in [2.45, 2.75) is 65.7 Å². The number of hydrazine groups is 1. The Labute approximate surface area is 203 Å². The van der Waals surface area contributed by atoms with Crippen molar-refractivity contribution in [1.82, 2.24) is 14.9 Å². The van der Waals surface area contributed by atoms with Crippen LogP contribution in [0.4, 0.5) is 22.8 Å². The molecule has 0 N–H and O–H groups in total. The van der Waals surface area contributed by atoms with Gasteiger partial charge in [0.05, 0.1) is 19.7 Å². The molecule has 0 saturated heterocycles. The Balaban J connectivity index is 3.33. The van der Waals surface area contributed by atoms with E-state index in [-0.39, 0.29) is 12.5 Å². The summed E-state index contributed by atoms with van der Waals surface area (Å²) < 4.78 is 52.2. The monoisotopic (exact) mass is 505 g/mol. The minimum absolute atomic E-state index is 0.236. The summed E-state index contributed by atoms with van der Waals surface area (Å²) in [5.41, 5.74) is -1.07. The molecule has 0 heterocycles. The van der Waals surface area contributed by atoms with Crippen molar-refractivity contribution in [3.63, 3.8) is 0 Å². The van der Waals surface area contributed by atoms with Gasteiger partial charge in [-0.1, -0.05) is 12.1 Å². The summed E-state index contributed by atoms with van der Waals surface area (Å²) in [6.07, 6.45) is -6.97. The molecule has 0 aliphatic heterocycles. The highest BCUT2D eigenvalue weighted by Gasteiger charge is 2.35. The first-order valence-electron chi connectivity index (χ1n) is 10.8. The summed E-state index contributed by atoms with van der Waals surface area (Å²) >= 11 is 0. The quantitative estimate of drug-likeness (QED) is 0.516. The molecular formula is C23H34F3N3O6. The first kappa shape index (κ1) is 30.0. The van der Waals surface area contributed by atoms with Crippen LogP contribution < -0.4 is 0 Å². The van der Waals surface area contributed by atoms with Crippen molar-refractivity contribution in [2.24, 2.45) is 0 Å². The van der Waals surface area contributed by atoms with Crippen LogP contribution in [0.1, 0.15) is 57.5 Å². The van der Waals surface area contributed by atoms with E-state index in [1.54, 1.807) is 67.8 Å². The van der Waals surface area contributed by atoms with E-state index in [1.807, 2.05) is 0 Å². The number of ether oxygens (including phenoxy) is 3. The zero-order valence-corrected chi connectivity index (χ0v) is 21.4. The molecule has 9 nitrogen and oxygen atoms in total. The molecule has 0 aliphatic rings. The Morgan fingerprint density at radius 2 is 1.26 bits per heavy atom. The summed E-state index contributed by atoms with van der Waals surface area (Å²) in [5.74, 6) is -0.236. The van der Waals surface area contributed by atoms with Crippen LogP contribution in [0.15, 0.2) is 24.3 Å². The molecular weight excluding hydrogens is 471 g/mol. The fourth-order valence-corrected chi connectivity index (χ4v) is 2.62. The number of hydrogen-bond donors (Lipinski definition) is 0. The molecule has 0 aliphatic carbocycles. The summed E-state index contributed by atoms with van der Waals surface area (Å²) in [4.78, 5) is 39.5. The molecule has 0 atom stereocenters. The molecule has 35 heavy (non-hydrogen) atoms. The van der Waals surface area contributed by atoms with Crippen molar-refractivity contribution in [1.29, 1.82) is 0 Å². The predicted molar refractivity (Wildman–Crippen MR) is 121 cm³/mol. The highest BCUT2D eigenvalue weighted by atomic mass is 19.4. The van der Waals surface area contributed by atoms with Gasteiger partial charge in [-0.25, -0.2) is 19.6 Å². The Morgan fingerprint density at radius 3 is 1.66 bits per heavy atom. The van der Waals surface area contributed by atoms with Gasteiger partial charge in [0, 0.05) is 19.7 Å². The summed E-state index contributed by atoms with van der Waals surface area (Å²) in [6, 6.07) is 6.20. The van der Waals surface area contributed by atoms with Gasteiger partial charge in [-0.3, -0.25) is 9.53 Å². The lowest BCUT2D eigenvalue weighted by Crippen LogP contribution is -2.53. The number of alkyl halides is 3. The Kier molecular flexibility index (Phi) is 9.95. The van der Waals surface area contributed by atoms with Crippen LogP contribution in [0, 0.1) is 0 Å². The number of carbonyl (C=O) groups is 3. The van der Waals surface area contributed by atoms with E-state index >= 15 is 0 Å². The van der Waals surface area contributed by atoms with Gasteiger partial charge in [0.2, 0.25) is 0 Å².